The zero-order chi connectivity index (χ0) is 27.6. The molecule has 0 aliphatic carbocycles. The van der Waals surface area contributed by atoms with Gasteiger partial charge in [0.1, 0.15) is 5.70 Å². The van der Waals surface area contributed by atoms with E-state index in [1.807, 2.05) is 73.7 Å². The first-order chi connectivity index (χ1) is 18.9. The van der Waals surface area contributed by atoms with E-state index in [0.717, 1.165) is 26.2 Å². The van der Waals surface area contributed by atoms with Crippen LogP contribution >= 0.6 is 27.7 Å². The molecule has 3 amide bonds. The number of carbonyl (C=O) groups is 3. The second kappa shape index (κ2) is 13.6. The van der Waals surface area contributed by atoms with Gasteiger partial charge in [0.2, 0.25) is 5.91 Å². The number of hydrogen-bond acceptors (Lipinski definition) is 4. The van der Waals surface area contributed by atoms with Crippen molar-refractivity contribution in [2.45, 2.75) is 11.8 Å². The molecule has 3 N–H and O–H groups in total. The number of aryl methyl sites for hydroxylation is 1. The minimum atomic E-state index is -0.450. The lowest BCUT2D eigenvalue weighted by Crippen LogP contribution is -2.30. The molecule has 4 aromatic rings. The highest BCUT2D eigenvalue weighted by molar-refractivity contribution is 9.10. The van der Waals surface area contributed by atoms with Crippen LogP contribution in [0, 0.1) is 6.92 Å². The predicted molar refractivity (Wildman–Crippen MR) is 162 cm³/mol. The molecule has 196 valence electrons. The van der Waals surface area contributed by atoms with Gasteiger partial charge in [0.15, 0.2) is 0 Å². The minimum Gasteiger partial charge on any atom is -0.324 e. The average molecular weight is 601 g/mol. The molecular weight excluding hydrogens is 574 g/mol. The summed E-state index contributed by atoms with van der Waals surface area (Å²) in [5, 5.41) is 8.47. The number of halogens is 1. The summed E-state index contributed by atoms with van der Waals surface area (Å²) in [6.07, 6.45) is 1.65. The van der Waals surface area contributed by atoms with E-state index >= 15 is 0 Å². The highest BCUT2D eigenvalue weighted by Gasteiger charge is 2.15. The monoisotopic (exact) mass is 599 g/mol. The smallest absolute Gasteiger partial charge is 0.272 e. The molecule has 8 heteroatoms. The average Bonchev–Trinajstić information content (AvgIpc) is 2.94. The number of anilines is 2. The van der Waals surface area contributed by atoms with Gasteiger partial charge in [0.05, 0.1) is 11.4 Å². The first-order valence-corrected chi connectivity index (χ1v) is 13.9. The third-order valence-corrected chi connectivity index (χ3v) is 7.22. The number of para-hydroxylation sites is 1. The van der Waals surface area contributed by atoms with Gasteiger partial charge in [-0.25, -0.2) is 0 Å². The molecule has 0 unspecified atom stereocenters. The molecule has 4 rings (SSSR count). The zero-order valence-electron chi connectivity index (χ0n) is 21.1. The number of benzene rings is 4. The number of carbonyl (C=O) groups excluding carboxylic acids is 3. The van der Waals surface area contributed by atoms with Gasteiger partial charge in [-0.3, -0.25) is 14.4 Å². The van der Waals surface area contributed by atoms with Crippen LogP contribution in [0.3, 0.4) is 0 Å². The fourth-order valence-corrected chi connectivity index (χ4v) is 4.68. The van der Waals surface area contributed by atoms with E-state index < -0.39 is 5.91 Å². The predicted octanol–water partition coefficient (Wildman–Crippen LogP) is 6.90. The van der Waals surface area contributed by atoms with E-state index in [9.17, 15) is 14.4 Å². The second-order valence-corrected chi connectivity index (χ2v) is 10.5. The molecule has 0 heterocycles. The first-order valence-electron chi connectivity index (χ1n) is 12.1. The molecule has 0 fully saturated rings. The highest BCUT2D eigenvalue weighted by Crippen LogP contribution is 2.24. The van der Waals surface area contributed by atoms with Crippen molar-refractivity contribution in [3.63, 3.8) is 0 Å². The summed E-state index contributed by atoms with van der Waals surface area (Å²) in [6.45, 7) is 1.96. The van der Waals surface area contributed by atoms with E-state index in [-0.39, 0.29) is 23.3 Å². The van der Waals surface area contributed by atoms with Gasteiger partial charge in [0, 0.05) is 20.6 Å². The van der Waals surface area contributed by atoms with Gasteiger partial charge >= 0.3 is 0 Å². The molecule has 39 heavy (non-hydrogen) atoms. The van der Waals surface area contributed by atoms with E-state index in [1.54, 1.807) is 42.5 Å². The zero-order valence-corrected chi connectivity index (χ0v) is 23.5. The van der Waals surface area contributed by atoms with E-state index in [1.165, 1.54) is 11.8 Å². The lowest BCUT2D eigenvalue weighted by atomic mass is 10.1. The number of nitrogens with one attached hydrogen (secondary N) is 3. The Hall–Kier alpha value is -4.14. The Balaban J connectivity index is 1.41. The summed E-state index contributed by atoms with van der Waals surface area (Å²) in [5.74, 6) is -0.711. The topological polar surface area (TPSA) is 87.3 Å². The molecule has 0 aliphatic heterocycles. The fraction of sp³-hybridized carbons (Fsp3) is 0.0645. The molecule has 0 aliphatic rings. The van der Waals surface area contributed by atoms with Crippen LogP contribution in [0.25, 0.3) is 6.08 Å². The maximum absolute atomic E-state index is 13.2. The molecule has 0 saturated carbocycles. The van der Waals surface area contributed by atoms with E-state index in [4.69, 9.17) is 0 Å². The molecule has 0 atom stereocenters. The van der Waals surface area contributed by atoms with Crippen molar-refractivity contribution in [2.75, 3.05) is 16.4 Å². The minimum absolute atomic E-state index is 0.121. The van der Waals surface area contributed by atoms with Crippen LogP contribution < -0.4 is 16.0 Å². The third-order valence-electron chi connectivity index (χ3n) is 5.51. The Labute approximate surface area is 240 Å². The lowest BCUT2D eigenvalue weighted by molar-refractivity contribution is -0.114. The maximum Gasteiger partial charge on any atom is 0.272 e. The number of hydrogen-bond donors (Lipinski definition) is 3. The van der Waals surface area contributed by atoms with Crippen LogP contribution in [0.5, 0.6) is 0 Å². The van der Waals surface area contributed by atoms with Crippen LogP contribution in [-0.2, 0) is 9.59 Å². The second-order valence-electron chi connectivity index (χ2n) is 8.59. The van der Waals surface area contributed by atoms with Crippen molar-refractivity contribution < 1.29 is 14.4 Å². The normalized spacial score (nSPS) is 11.0. The molecule has 0 bridgehead atoms. The molecule has 6 nitrogen and oxygen atoms in total. The number of amides is 3. The quantitative estimate of drug-likeness (QED) is 0.144. The van der Waals surface area contributed by atoms with Crippen molar-refractivity contribution in [3.05, 3.63) is 130 Å². The summed E-state index contributed by atoms with van der Waals surface area (Å²) >= 11 is 4.81. The van der Waals surface area contributed by atoms with Gasteiger partial charge < -0.3 is 16.0 Å². The molecule has 0 aromatic heterocycles. The number of rotatable bonds is 9. The van der Waals surface area contributed by atoms with E-state index in [2.05, 4.69) is 31.9 Å². The summed E-state index contributed by atoms with van der Waals surface area (Å²) in [6, 6.07) is 31.0. The van der Waals surface area contributed by atoms with Gasteiger partial charge in [-0.05, 0) is 83.0 Å². The van der Waals surface area contributed by atoms with Crippen LogP contribution in [0.2, 0.25) is 0 Å². The molecule has 0 saturated heterocycles. The third kappa shape index (κ3) is 8.43. The van der Waals surface area contributed by atoms with Crippen molar-refractivity contribution in [1.82, 2.24) is 5.32 Å². The highest BCUT2D eigenvalue weighted by atomic mass is 79.9. The largest absolute Gasteiger partial charge is 0.324 e. The lowest BCUT2D eigenvalue weighted by Gasteiger charge is -2.12. The summed E-state index contributed by atoms with van der Waals surface area (Å²) in [4.78, 5) is 39.2. The van der Waals surface area contributed by atoms with Crippen molar-refractivity contribution in [2.24, 2.45) is 0 Å². The Kier molecular flexibility index (Phi) is 9.72. The van der Waals surface area contributed by atoms with Crippen molar-refractivity contribution >= 4 is 62.9 Å². The van der Waals surface area contributed by atoms with Crippen molar-refractivity contribution in [3.8, 4) is 0 Å². The van der Waals surface area contributed by atoms with Crippen LogP contribution in [0.15, 0.2) is 118 Å². The van der Waals surface area contributed by atoms with Gasteiger partial charge in [-0.15, -0.1) is 11.8 Å². The molecule has 0 spiro atoms. The fourth-order valence-electron chi connectivity index (χ4n) is 3.60. The number of thioether (sulfide) groups is 1. The van der Waals surface area contributed by atoms with Crippen LogP contribution in [0.1, 0.15) is 21.5 Å². The van der Waals surface area contributed by atoms with E-state index in [0.29, 0.717) is 11.3 Å². The first kappa shape index (κ1) is 27.9. The standard InChI is InChI=1S/C31H26BrN3O3S/c1-21-8-7-9-22(18-21)19-28(35-30(37)23-10-3-2-4-11-23)31(38)33-24-14-16-25(17-15-24)39-20-29(36)34-27-13-6-5-12-26(27)32/h2-19H,20H2,1H3,(H,33,38)(H,34,36)(H,35,37)/b28-19-. The van der Waals surface area contributed by atoms with Crippen LogP contribution in [-0.4, -0.2) is 23.5 Å². The maximum atomic E-state index is 13.2. The Morgan fingerprint density at radius 1 is 0.821 bits per heavy atom. The summed E-state index contributed by atoms with van der Waals surface area (Å²) in [7, 11) is 0. The molecule has 0 radical (unpaired) electrons. The van der Waals surface area contributed by atoms with Gasteiger partial charge in [-0.2, -0.15) is 0 Å². The van der Waals surface area contributed by atoms with Crippen LogP contribution in [0.4, 0.5) is 11.4 Å². The summed E-state index contributed by atoms with van der Waals surface area (Å²) in [5.41, 5.74) is 3.68. The Bertz CT molecular complexity index is 1510. The SMILES string of the molecule is Cc1cccc(/C=C(\NC(=O)c2ccccc2)C(=O)Nc2ccc(SCC(=O)Nc3ccccc3Br)cc2)c1. The Morgan fingerprint density at radius 3 is 2.26 bits per heavy atom. The molecular formula is C31H26BrN3O3S. The van der Waals surface area contributed by atoms with Gasteiger partial charge in [0.25, 0.3) is 11.8 Å². The van der Waals surface area contributed by atoms with Gasteiger partial charge in [-0.1, -0.05) is 60.2 Å². The Morgan fingerprint density at radius 2 is 1.54 bits per heavy atom. The summed E-state index contributed by atoms with van der Waals surface area (Å²) < 4.78 is 0.819. The van der Waals surface area contributed by atoms with Crippen molar-refractivity contribution in [1.29, 1.82) is 0 Å². The molecule has 4 aromatic carbocycles.